The van der Waals surface area contributed by atoms with E-state index in [1.54, 1.807) is 6.08 Å². The molecular formula is C19H18N4O3S2. The van der Waals surface area contributed by atoms with Gasteiger partial charge in [-0.2, -0.15) is 0 Å². The minimum Gasteiger partial charge on any atom is -0.351 e. The zero-order chi connectivity index (χ0) is 20.3. The second-order valence-corrected chi connectivity index (χ2v) is 7.80. The van der Waals surface area contributed by atoms with E-state index in [0.29, 0.717) is 15.4 Å². The van der Waals surface area contributed by atoms with E-state index in [-0.39, 0.29) is 17.9 Å². The van der Waals surface area contributed by atoms with E-state index in [2.05, 4.69) is 11.6 Å². The van der Waals surface area contributed by atoms with Crippen molar-refractivity contribution >= 4 is 45.3 Å². The van der Waals surface area contributed by atoms with Gasteiger partial charge in [0.15, 0.2) is 5.16 Å². The fraction of sp³-hybridized carbons (Fsp3) is 0.158. The number of fused-ring (bicyclic) bond motifs is 1. The maximum atomic E-state index is 13.2. The van der Waals surface area contributed by atoms with Crippen LogP contribution in [0.15, 0.2) is 52.3 Å². The monoisotopic (exact) mass is 414 g/mol. The van der Waals surface area contributed by atoms with E-state index in [0.717, 1.165) is 28.5 Å². The average Bonchev–Trinajstić information content (AvgIpc) is 3.07. The van der Waals surface area contributed by atoms with E-state index >= 15 is 0 Å². The molecule has 144 valence electrons. The van der Waals surface area contributed by atoms with Crippen LogP contribution in [0, 0.1) is 6.92 Å². The molecular weight excluding hydrogens is 396 g/mol. The van der Waals surface area contributed by atoms with Crippen LogP contribution in [0.3, 0.4) is 0 Å². The fourth-order valence-electron chi connectivity index (χ4n) is 2.66. The number of urea groups is 1. The van der Waals surface area contributed by atoms with Gasteiger partial charge >= 0.3 is 6.03 Å². The highest BCUT2D eigenvalue weighted by Crippen LogP contribution is 2.32. The molecule has 0 unspecified atom stereocenters. The molecule has 2 heterocycles. The number of imide groups is 1. The molecule has 3 N–H and O–H groups in total. The molecule has 0 spiro atoms. The number of nitrogens with one attached hydrogen (secondary N) is 1. The van der Waals surface area contributed by atoms with Crippen molar-refractivity contribution in [2.24, 2.45) is 5.73 Å². The summed E-state index contributed by atoms with van der Waals surface area (Å²) in [6, 6.07) is 7.03. The smallest absolute Gasteiger partial charge is 0.318 e. The molecule has 3 aromatic rings. The molecule has 1 aromatic carbocycles. The molecule has 0 aliphatic rings. The Bertz CT molecular complexity index is 1120. The second kappa shape index (κ2) is 8.41. The predicted molar refractivity (Wildman–Crippen MR) is 113 cm³/mol. The van der Waals surface area contributed by atoms with Gasteiger partial charge in [-0.3, -0.25) is 19.5 Å². The van der Waals surface area contributed by atoms with Gasteiger partial charge in [-0.25, -0.2) is 9.78 Å². The second-order valence-electron chi connectivity index (χ2n) is 6.00. The van der Waals surface area contributed by atoms with Gasteiger partial charge in [0.25, 0.3) is 5.56 Å². The molecule has 7 nitrogen and oxygen atoms in total. The predicted octanol–water partition coefficient (Wildman–Crippen LogP) is 2.91. The molecule has 0 aliphatic carbocycles. The lowest BCUT2D eigenvalue weighted by molar-refractivity contribution is -0.117. The van der Waals surface area contributed by atoms with Crippen LogP contribution in [0.1, 0.15) is 5.56 Å². The minimum atomic E-state index is -0.918. The summed E-state index contributed by atoms with van der Waals surface area (Å²) in [7, 11) is 0. The van der Waals surface area contributed by atoms with Crippen molar-refractivity contribution in [3.05, 3.63) is 58.2 Å². The number of thiophene rings is 1. The Morgan fingerprint density at radius 3 is 2.71 bits per heavy atom. The molecule has 3 rings (SSSR count). The number of carbonyl (C=O) groups is 2. The number of aryl methyl sites for hydroxylation is 1. The third-order valence-electron chi connectivity index (χ3n) is 3.93. The third-order valence-corrected chi connectivity index (χ3v) is 5.78. The summed E-state index contributed by atoms with van der Waals surface area (Å²) >= 11 is 2.44. The average molecular weight is 415 g/mol. The fourth-order valence-corrected chi connectivity index (χ4v) is 4.45. The highest BCUT2D eigenvalue weighted by atomic mass is 32.2. The van der Waals surface area contributed by atoms with Crippen molar-refractivity contribution < 1.29 is 9.59 Å². The van der Waals surface area contributed by atoms with Gasteiger partial charge in [-0.05, 0) is 12.5 Å². The molecule has 2 aromatic heterocycles. The standard InChI is InChI=1S/C19H18N4O3S2/c1-3-8-23-17(25)15-13(12-6-4-11(2)5-7-12)9-27-16(15)22-19(23)28-10-14(24)21-18(20)26/h3-7,9H,1,8,10H2,2H3,(H3,20,21,24,26). The summed E-state index contributed by atoms with van der Waals surface area (Å²) < 4.78 is 1.47. The Labute approximate surface area is 169 Å². The molecule has 0 bridgehead atoms. The number of allylic oxidation sites excluding steroid dienone is 1. The number of amides is 3. The molecule has 0 radical (unpaired) electrons. The van der Waals surface area contributed by atoms with Gasteiger partial charge in [-0.15, -0.1) is 17.9 Å². The molecule has 3 amide bonds. The van der Waals surface area contributed by atoms with Crippen LogP contribution in [0.4, 0.5) is 4.79 Å². The highest BCUT2D eigenvalue weighted by molar-refractivity contribution is 7.99. The summed E-state index contributed by atoms with van der Waals surface area (Å²) in [5.74, 6) is -0.641. The number of nitrogens with zero attached hydrogens (tertiary/aromatic N) is 2. The van der Waals surface area contributed by atoms with Gasteiger partial charge in [-0.1, -0.05) is 47.7 Å². The van der Waals surface area contributed by atoms with Gasteiger partial charge in [0.05, 0.1) is 11.1 Å². The molecule has 0 atom stereocenters. The topological polar surface area (TPSA) is 107 Å². The van der Waals surface area contributed by atoms with Crippen molar-refractivity contribution in [2.45, 2.75) is 18.6 Å². The molecule has 9 heteroatoms. The van der Waals surface area contributed by atoms with E-state index in [4.69, 9.17) is 5.73 Å². The Balaban J connectivity index is 2.04. The van der Waals surface area contributed by atoms with E-state index < -0.39 is 11.9 Å². The largest absolute Gasteiger partial charge is 0.351 e. The zero-order valence-electron chi connectivity index (χ0n) is 15.1. The Morgan fingerprint density at radius 1 is 1.36 bits per heavy atom. The van der Waals surface area contributed by atoms with Gasteiger partial charge < -0.3 is 5.73 Å². The quantitative estimate of drug-likeness (QED) is 0.366. The summed E-state index contributed by atoms with van der Waals surface area (Å²) in [5, 5.41) is 4.83. The molecule has 0 fully saturated rings. The van der Waals surface area contributed by atoms with Crippen LogP contribution in [-0.4, -0.2) is 27.2 Å². The van der Waals surface area contributed by atoms with Crippen LogP contribution in [0.25, 0.3) is 21.3 Å². The zero-order valence-corrected chi connectivity index (χ0v) is 16.7. The van der Waals surface area contributed by atoms with Crippen LogP contribution in [0.5, 0.6) is 0 Å². The Morgan fingerprint density at radius 2 is 2.07 bits per heavy atom. The maximum Gasteiger partial charge on any atom is 0.318 e. The van der Waals surface area contributed by atoms with Crippen LogP contribution >= 0.6 is 23.1 Å². The number of hydrogen-bond donors (Lipinski definition) is 2. The number of thioether (sulfide) groups is 1. The number of hydrogen-bond acceptors (Lipinski definition) is 6. The Kier molecular flexibility index (Phi) is 5.96. The van der Waals surface area contributed by atoms with E-state index in [9.17, 15) is 14.4 Å². The molecule has 28 heavy (non-hydrogen) atoms. The SMILES string of the molecule is C=CCn1c(SCC(=O)NC(N)=O)nc2scc(-c3ccc(C)cc3)c2c1=O. The summed E-state index contributed by atoms with van der Waals surface area (Å²) in [4.78, 5) is 40.8. The molecule has 0 aliphatic heterocycles. The number of benzene rings is 1. The van der Waals surface area contributed by atoms with Crippen molar-refractivity contribution in [1.29, 1.82) is 0 Å². The van der Waals surface area contributed by atoms with Crippen LogP contribution in [-0.2, 0) is 11.3 Å². The lowest BCUT2D eigenvalue weighted by atomic mass is 10.1. The molecule has 0 saturated heterocycles. The van der Waals surface area contributed by atoms with Crippen LogP contribution in [0.2, 0.25) is 0 Å². The Hall–Kier alpha value is -2.91. The summed E-state index contributed by atoms with van der Waals surface area (Å²) in [6.07, 6.45) is 1.60. The van der Waals surface area contributed by atoms with E-state index in [1.807, 2.05) is 41.9 Å². The van der Waals surface area contributed by atoms with Crippen molar-refractivity contribution in [3.8, 4) is 11.1 Å². The first-order chi connectivity index (χ1) is 13.4. The van der Waals surface area contributed by atoms with Gasteiger partial charge in [0.1, 0.15) is 4.83 Å². The number of primary amides is 1. The van der Waals surface area contributed by atoms with Gasteiger partial charge in [0, 0.05) is 17.5 Å². The van der Waals surface area contributed by atoms with Crippen LogP contribution < -0.4 is 16.6 Å². The molecule has 0 saturated carbocycles. The number of carbonyl (C=O) groups excluding carboxylic acids is 2. The first-order valence-electron chi connectivity index (χ1n) is 8.32. The van der Waals surface area contributed by atoms with Gasteiger partial charge in [0.2, 0.25) is 5.91 Å². The highest BCUT2D eigenvalue weighted by Gasteiger charge is 2.18. The maximum absolute atomic E-state index is 13.2. The third kappa shape index (κ3) is 4.15. The number of aromatic nitrogens is 2. The van der Waals surface area contributed by atoms with E-state index in [1.165, 1.54) is 15.9 Å². The number of rotatable bonds is 6. The summed E-state index contributed by atoms with van der Waals surface area (Å²) in [5.41, 5.74) is 7.66. The normalized spacial score (nSPS) is 10.8. The number of nitrogens with two attached hydrogens (primary N) is 1. The first kappa shape index (κ1) is 19.8. The lowest BCUT2D eigenvalue weighted by Crippen LogP contribution is -2.36. The first-order valence-corrected chi connectivity index (χ1v) is 10.2. The van der Waals surface area contributed by atoms with Crippen molar-refractivity contribution in [3.63, 3.8) is 0 Å². The minimum absolute atomic E-state index is 0.0891. The van der Waals surface area contributed by atoms with Crippen molar-refractivity contribution in [2.75, 3.05) is 5.75 Å². The summed E-state index contributed by atoms with van der Waals surface area (Å²) in [6.45, 7) is 5.96. The van der Waals surface area contributed by atoms with Crippen molar-refractivity contribution in [1.82, 2.24) is 14.9 Å². The lowest BCUT2D eigenvalue weighted by Gasteiger charge is -2.10.